The van der Waals surface area contributed by atoms with Gasteiger partial charge in [0.1, 0.15) is 29.5 Å². The topological polar surface area (TPSA) is 81.2 Å². The van der Waals surface area contributed by atoms with Crippen molar-refractivity contribution in [3.63, 3.8) is 0 Å². The molecule has 0 fully saturated rings. The van der Waals surface area contributed by atoms with Crippen LogP contribution < -0.4 is 0 Å². The van der Waals surface area contributed by atoms with E-state index in [0.717, 1.165) is 0 Å². The minimum absolute atomic E-state index is 0.385. The molecule has 1 atom stereocenters. The van der Waals surface area contributed by atoms with E-state index in [0.29, 0.717) is 17.2 Å². The predicted octanol–water partition coefficient (Wildman–Crippen LogP) is 0.366. The van der Waals surface area contributed by atoms with Gasteiger partial charge in [0.25, 0.3) is 0 Å². The summed E-state index contributed by atoms with van der Waals surface area (Å²) in [5.74, 6) is -0.364. The Kier molecular flexibility index (Phi) is 2.36. The van der Waals surface area contributed by atoms with Gasteiger partial charge in [0.05, 0.1) is 13.3 Å². The van der Waals surface area contributed by atoms with Crippen LogP contribution in [0.3, 0.4) is 0 Å². The smallest absolute Gasteiger partial charge is 0.318 e. The predicted molar refractivity (Wildman–Crippen MR) is 65.4 cm³/mol. The number of aromatic nitrogens is 2. The van der Waals surface area contributed by atoms with Crippen molar-refractivity contribution in [2.45, 2.75) is 0 Å². The van der Waals surface area contributed by atoms with E-state index >= 15 is 0 Å². The lowest BCUT2D eigenvalue weighted by molar-refractivity contribution is -0.141. The van der Waals surface area contributed by atoms with Gasteiger partial charge in [0.15, 0.2) is 0 Å². The highest BCUT2D eigenvalue weighted by molar-refractivity contribution is 6.67. The maximum Gasteiger partial charge on any atom is 0.318 e. The van der Waals surface area contributed by atoms with E-state index in [1.165, 1.54) is 13.3 Å². The molecule has 0 amide bonds. The lowest BCUT2D eigenvalue weighted by Crippen LogP contribution is -2.32. The molecule has 7 nitrogen and oxygen atoms in total. The Balaban J connectivity index is 2.05. The molecule has 3 heterocycles. The van der Waals surface area contributed by atoms with Crippen molar-refractivity contribution in [1.29, 1.82) is 0 Å². The Morgan fingerprint density at radius 3 is 3.11 bits per heavy atom. The number of aliphatic imine (C=N–C) groups is 1. The molecule has 0 saturated carbocycles. The third kappa shape index (κ3) is 1.56. The quantitative estimate of drug-likeness (QED) is 0.703. The first kappa shape index (κ1) is 10.6. The molecule has 0 aliphatic carbocycles. The molecule has 18 heavy (non-hydrogen) atoms. The first-order chi connectivity index (χ1) is 8.79. The maximum absolute atomic E-state index is 11.7. The van der Waals surface area contributed by atoms with Crippen LogP contribution in [0, 0.1) is 5.92 Å². The Morgan fingerprint density at radius 1 is 1.50 bits per heavy atom. The van der Waals surface area contributed by atoms with Gasteiger partial charge in [-0.2, -0.15) is 10.2 Å². The zero-order valence-electron chi connectivity index (χ0n) is 9.52. The third-order valence-corrected chi connectivity index (χ3v) is 2.68. The number of methoxy groups -OCH3 is 1. The Labute approximate surface area is 102 Å². The average molecular weight is 243 g/mol. The van der Waals surface area contributed by atoms with Gasteiger partial charge in [-0.3, -0.25) is 9.36 Å². The van der Waals surface area contributed by atoms with E-state index in [1.807, 2.05) is 0 Å². The summed E-state index contributed by atoms with van der Waals surface area (Å²) in [4.78, 5) is 20.1. The fourth-order valence-corrected chi connectivity index (χ4v) is 1.80. The third-order valence-electron chi connectivity index (χ3n) is 2.68. The molecule has 1 unspecified atom stereocenters. The van der Waals surface area contributed by atoms with Crippen LogP contribution in [0.4, 0.5) is 0 Å². The molecule has 0 aromatic carbocycles. The van der Waals surface area contributed by atoms with Crippen LogP contribution >= 0.6 is 0 Å². The van der Waals surface area contributed by atoms with Gasteiger partial charge in [-0.1, -0.05) is 0 Å². The van der Waals surface area contributed by atoms with Crippen molar-refractivity contribution in [1.82, 2.24) is 9.55 Å². The number of ether oxygens (including phenoxy) is 1. The first-order valence-electron chi connectivity index (χ1n) is 5.27. The highest BCUT2D eigenvalue weighted by Crippen LogP contribution is 2.21. The van der Waals surface area contributed by atoms with Crippen LogP contribution in [0.5, 0.6) is 0 Å². The van der Waals surface area contributed by atoms with Gasteiger partial charge in [-0.15, -0.1) is 0 Å². The van der Waals surface area contributed by atoms with Gasteiger partial charge >= 0.3 is 5.97 Å². The minimum Gasteiger partial charge on any atom is -0.468 e. The summed E-state index contributed by atoms with van der Waals surface area (Å²) in [6, 6.07) is 0. The second-order valence-electron chi connectivity index (χ2n) is 3.72. The Morgan fingerprint density at radius 2 is 2.39 bits per heavy atom. The number of carbonyl (C=O) groups excluding carboxylic acids is 1. The monoisotopic (exact) mass is 243 g/mol. The number of nitrogens with zero attached hydrogens (tertiary/aromatic N) is 5. The summed E-state index contributed by atoms with van der Waals surface area (Å²) in [6.07, 6.45) is 8.21. The number of esters is 1. The molecule has 3 rings (SSSR count). The molecule has 7 heteroatoms. The second-order valence-corrected chi connectivity index (χ2v) is 3.72. The number of rotatable bonds is 2. The zero-order valence-corrected chi connectivity index (χ0v) is 9.52. The van der Waals surface area contributed by atoms with Gasteiger partial charge in [0, 0.05) is 12.4 Å². The van der Waals surface area contributed by atoms with Crippen molar-refractivity contribution in [3.8, 4) is 0 Å². The normalized spacial score (nSPS) is 20.9. The van der Waals surface area contributed by atoms with Crippen LogP contribution in [0.15, 0.2) is 40.0 Å². The van der Waals surface area contributed by atoms with E-state index in [2.05, 4.69) is 20.2 Å². The molecule has 0 saturated heterocycles. The Bertz CT molecular complexity index is 609. The largest absolute Gasteiger partial charge is 0.468 e. The molecule has 0 radical (unpaired) electrons. The Hall–Kier alpha value is -2.57. The van der Waals surface area contributed by atoms with E-state index in [4.69, 9.17) is 4.74 Å². The maximum atomic E-state index is 11.7. The standard InChI is InChI=1S/C11H9N5O2/c1-18-11(17)7-4-9(16-3-2-12-6-16)14-8-5-13-15-10(7)8/h2-7H,1H3. The summed E-state index contributed by atoms with van der Waals surface area (Å²) >= 11 is 0. The molecule has 1 aromatic heterocycles. The van der Waals surface area contributed by atoms with E-state index in [9.17, 15) is 4.79 Å². The fraction of sp³-hybridized carbons (Fsp3) is 0.182. The van der Waals surface area contributed by atoms with E-state index in [1.54, 1.807) is 29.4 Å². The van der Waals surface area contributed by atoms with Crippen molar-refractivity contribution < 1.29 is 9.53 Å². The van der Waals surface area contributed by atoms with Crippen molar-refractivity contribution in [3.05, 3.63) is 24.8 Å². The van der Waals surface area contributed by atoms with Gasteiger partial charge in [-0.25, -0.2) is 9.98 Å². The molecule has 2 aliphatic heterocycles. The highest BCUT2D eigenvalue weighted by atomic mass is 16.5. The molecule has 0 spiro atoms. The summed E-state index contributed by atoms with van der Waals surface area (Å²) in [5, 5.41) is 7.69. The number of imidazole rings is 1. The van der Waals surface area contributed by atoms with Crippen LogP contribution in [0.25, 0.3) is 5.82 Å². The molecule has 0 N–H and O–H groups in total. The van der Waals surface area contributed by atoms with Crippen LogP contribution in [0.2, 0.25) is 0 Å². The first-order valence-corrected chi connectivity index (χ1v) is 5.27. The van der Waals surface area contributed by atoms with E-state index < -0.39 is 5.92 Å². The molecular formula is C11H9N5O2. The van der Waals surface area contributed by atoms with E-state index in [-0.39, 0.29) is 5.97 Å². The number of hydrogen-bond acceptors (Lipinski definition) is 6. The molecule has 0 bridgehead atoms. The fourth-order valence-electron chi connectivity index (χ4n) is 1.80. The zero-order chi connectivity index (χ0) is 12.5. The lowest BCUT2D eigenvalue weighted by Gasteiger charge is -2.17. The number of carbonyl (C=O) groups is 1. The van der Waals surface area contributed by atoms with Crippen molar-refractivity contribution >= 4 is 29.4 Å². The number of hydrogen-bond donors (Lipinski definition) is 0. The van der Waals surface area contributed by atoms with Crippen LogP contribution in [0.1, 0.15) is 0 Å². The van der Waals surface area contributed by atoms with Crippen LogP contribution in [-0.4, -0.2) is 40.3 Å². The van der Waals surface area contributed by atoms with Crippen molar-refractivity contribution in [2.75, 3.05) is 7.11 Å². The summed E-state index contributed by atoms with van der Waals surface area (Å²) in [5.41, 5.74) is 1.10. The minimum atomic E-state index is -0.581. The SMILES string of the molecule is COC(=O)C1C=C(n2ccnc2)N=C2C=NN=C21. The average Bonchev–Trinajstić information content (AvgIpc) is 3.06. The van der Waals surface area contributed by atoms with Gasteiger partial charge in [-0.05, 0) is 6.08 Å². The summed E-state index contributed by atoms with van der Waals surface area (Å²) in [7, 11) is 1.34. The highest BCUT2D eigenvalue weighted by Gasteiger charge is 2.32. The summed E-state index contributed by atoms with van der Waals surface area (Å²) in [6.45, 7) is 0. The number of fused-ring (bicyclic) bond motifs is 1. The molecular weight excluding hydrogens is 234 g/mol. The van der Waals surface area contributed by atoms with Crippen molar-refractivity contribution in [2.24, 2.45) is 21.1 Å². The lowest BCUT2D eigenvalue weighted by atomic mass is 9.97. The second kappa shape index (κ2) is 4.02. The summed E-state index contributed by atoms with van der Waals surface area (Å²) < 4.78 is 6.48. The molecule has 90 valence electrons. The molecule has 1 aromatic rings. The van der Waals surface area contributed by atoms with Gasteiger partial charge in [0.2, 0.25) is 0 Å². The van der Waals surface area contributed by atoms with Crippen LogP contribution in [-0.2, 0) is 9.53 Å². The molecule has 2 aliphatic rings. The van der Waals surface area contributed by atoms with Gasteiger partial charge < -0.3 is 4.74 Å².